The van der Waals surface area contributed by atoms with E-state index >= 15 is 0 Å². The van der Waals surface area contributed by atoms with E-state index in [-0.39, 0.29) is 5.78 Å². The molecule has 0 saturated carbocycles. The van der Waals surface area contributed by atoms with Crippen LogP contribution in [0.4, 0.5) is 0 Å². The second-order valence-corrected chi connectivity index (χ2v) is 6.40. The van der Waals surface area contributed by atoms with Gasteiger partial charge in [0.15, 0.2) is 0 Å². The molecule has 0 aromatic carbocycles. The average Bonchev–Trinajstić information content (AvgIpc) is 3.35. The third-order valence-electron chi connectivity index (χ3n) is 3.99. The molecule has 0 aromatic rings. The summed E-state index contributed by atoms with van der Waals surface area (Å²) < 4.78 is 5.55. The first kappa shape index (κ1) is 21.4. The highest BCUT2D eigenvalue weighted by Crippen LogP contribution is 2.29. The Morgan fingerprint density at radius 1 is 0.760 bits per heavy atom. The van der Waals surface area contributed by atoms with Gasteiger partial charge in [0.2, 0.25) is 0 Å². The lowest BCUT2D eigenvalue weighted by atomic mass is 10.1. The van der Waals surface area contributed by atoms with Crippen molar-refractivity contribution in [1.82, 2.24) is 0 Å². The van der Waals surface area contributed by atoms with Gasteiger partial charge in [0.25, 0.3) is 0 Å². The predicted octanol–water partition coefficient (Wildman–Crippen LogP) is 6.26. The van der Waals surface area contributed by atoms with E-state index in [1.54, 1.807) is 6.92 Å². The van der Waals surface area contributed by atoms with E-state index in [0.29, 0.717) is 18.6 Å². The van der Waals surface area contributed by atoms with Crippen LogP contribution in [0.1, 0.15) is 65.2 Å². The summed E-state index contributed by atoms with van der Waals surface area (Å²) in [6.07, 6.45) is 30.3. The van der Waals surface area contributed by atoms with E-state index in [1.165, 1.54) is 0 Å². The smallest absolute Gasteiger partial charge is 0.129 e. The summed E-state index contributed by atoms with van der Waals surface area (Å²) in [7, 11) is 0. The van der Waals surface area contributed by atoms with Crippen molar-refractivity contribution < 1.29 is 9.53 Å². The molecule has 2 unspecified atom stereocenters. The maximum Gasteiger partial charge on any atom is 0.129 e. The molecule has 2 nitrogen and oxygen atoms in total. The molecular weight excluding hydrogens is 308 g/mol. The van der Waals surface area contributed by atoms with Gasteiger partial charge in [0, 0.05) is 6.42 Å². The summed E-state index contributed by atoms with van der Waals surface area (Å²) in [4.78, 5) is 10.9. The molecule has 0 bridgehead atoms. The van der Waals surface area contributed by atoms with Gasteiger partial charge in [-0.2, -0.15) is 0 Å². The number of epoxide rings is 1. The summed E-state index contributed by atoms with van der Waals surface area (Å²) in [6.45, 7) is 3.80. The van der Waals surface area contributed by atoms with Crippen molar-refractivity contribution >= 4 is 5.78 Å². The van der Waals surface area contributed by atoms with Gasteiger partial charge in [0.1, 0.15) is 5.78 Å². The lowest BCUT2D eigenvalue weighted by molar-refractivity contribution is -0.117. The van der Waals surface area contributed by atoms with Crippen molar-refractivity contribution in [1.29, 1.82) is 0 Å². The van der Waals surface area contributed by atoms with E-state index in [9.17, 15) is 4.79 Å². The van der Waals surface area contributed by atoms with Crippen LogP contribution in [0.15, 0.2) is 60.8 Å². The van der Waals surface area contributed by atoms with Crippen molar-refractivity contribution in [2.24, 2.45) is 0 Å². The molecule has 0 spiro atoms. The third kappa shape index (κ3) is 13.3. The summed E-state index contributed by atoms with van der Waals surface area (Å²) >= 11 is 0. The summed E-state index contributed by atoms with van der Waals surface area (Å²) in [5, 5.41) is 0. The Morgan fingerprint density at radius 3 is 1.72 bits per heavy atom. The standard InChI is InChI=1S/C23H34O2/c1-3-4-5-6-7-8-9-10-11-12-13-14-15-16-17-18-22-23(25-22)20-19-21(2)24/h4-5,7-8,10-11,13-14,16-17,22-23H,3,6,9,12,15,18-20H2,1-2H3/b5-4-,8-7-,11-10-,14-13-,17-16-. The molecule has 2 atom stereocenters. The predicted molar refractivity (Wildman–Crippen MR) is 108 cm³/mol. The minimum Gasteiger partial charge on any atom is -0.369 e. The van der Waals surface area contributed by atoms with Gasteiger partial charge in [-0.15, -0.1) is 0 Å². The zero-order valence-electron chi connectivity index (χ0n) is 15.9. The fourth-order valence-corrected chi connectivity index (χ4v) is 2.47. The van der Waals surface area contributed by atoms with Crippen LogP contribution in [-0.4, -0.2) is 18.0 Å². The van der Waals surface area contributed by atoms with Crippen LogP contribution in [0.3, 0.4) is 0 Å². The Morgan fingerprint density at radius 2 is 1.24 bits per heavy atom. The number of ether oxygens (including phenoxy) is 1. The van der Waals surface area contributed by atoms with Gasteiger partial charge in [0.05, 0.1) is 12.2 Å². The number of hydrogen-bond donors (Lipinski definition) is 0. The highest BCUT2D eigenvalue weighted by Gasteiger charge is 2.36. The number of Topliss-reactive ketones (excluding diaryl/α,β-unsaturated/α-hetero) is 1. The molecule has 0 aliphatic carbocycles. The number of carbonyl (C=O) groups excluding carboxylic acids is 1. The van der Waals surface area contributed by atoms with Crippen LogP contribution in [0.5, 0.6) is 0 Å². The maximum atomic E-state index is 10.9. The van der Waals surface area contributed by atoms with Crippen molar-refractivity contribution in [3.8, 4) is 0 Å². The molecule has 2 heteroatoms. The first-order valence-electron chi connectivity index (χ1n) is 9.64. The number of allylic oxidation sites excluding steroid dienone is 9. The molecule has 1 fully saturated rings. The Kier molecular flexibility index (Phi) is 12.5. The monoisotopic (exact) mass is 342 g/mol. The normalized spacial score (nSPS) is 20.9. The molecule has 1 rings (SSSR count). The van der Waals surface area contributed by atoms with Crippen LogP contribution in [-0.2, 0) is 9.53 Å². The second-order valence-electron chi connectivity index (χ2n) is 6.40. The third-order valence-corrected chi connectivity index (χ3v) is 3.99. The van der Waals surface area contributed by atoms with E-state index in [1.807, 2.05) is 0 Å². The fourth-order valence-electron chi connectivity index (χ4n) is 2.47. The van der Waals surface area contributed by atoms with Crippen LogP contribution >= 0.6 is 0 Å². The van der Waals surface area contributed by atoms with Crippen molar-refractivity contribution in [3.05, 3.63) is 60.8 Å². The summed E-state index contributed by atoms with van der Waals surface area (Å²) in [5.41, 5.74) is 0. The Hall–Kier alpha value is -1.67. The Bertz CT molecular complexity index is 494. The first-order chi connectivity index (χ1) is 12.2. The molecule has 0 aromatic heterocycles. The van der Waals surface area contributed by atoms with Gasteiger partial charge >= 0.3 is 0 Å². The van der Waals surface area contributed by atoms with Crippen molar-refractivity contribution in [3.63, 3.8) is 0 Å². The lowest BCUT2D eigenvalue weighted by Gasteiger charge is -1.90. The molecule has 1 aliphatic heterocycles. The van der Waals surface area contributed by atoms with Crippen LogP contribution in [0, 0.1) is 0 Å². The zero-order chi connectivity index (χ0) is 18.2. The largest absolute Gasteiger partial charge is 0.369 e. The van der Waals surface area contributed by atoms with E-state index in [4.69, 9.17) is 4.74 Å². The summed E-state index contributed by atoms with van der Waals surface area (Å²) in [6, 6.07) is 0. The fraction of sp³-hybridized carbons (Fsp3) is 0.522. The van der Waals surface area contributed by atoms with Gasteiger partial charge in [-0.1, -0.05) is 67.7 Å². The molecule has 1 heterocycles. The van der Waals surface area contributed by atoms with Crippen molar-refractivity contribution in [2.75, 3.05) is 0 Å². The maximum absolute atomic E-state index is 10.9. The van der Waals surface area contributed by atoms with Gasteiger partial charge in [-0.25, -0.2) is 0 Å². The molecule has 0 N–H and O–H groups in total. The molecule has 1 aliphatic rings. The Balaban J connectivity index is 1.94. The first-order valence-corrected chi connectivity index (χ1v) is 9.64. The number of carbonyl (C=O) groups is 1. The highest BCUT2D eigenvalue weighted by molar-refractivity contribution is 5.75. The highest BCUT2D eigenvalue weighted by atomic mass is 16.6. The number of ketones is 1. The quantitative estimate of drug-likeness (QED) is 0.275. The molecule has 138 valence electrons. The second kappa shape index (κ2) is 14.7. The number of hydrogen-bond acceptors (Lipinski definition) is 2. The number of rotatable bonds is 14. The minimum absolute atomic E-state index is 0.254. The van der Waals surface area contributed by atoms with Crippen LogP contribution in [0.25, 0.3) is 0 Å². The minimum atomic E-state index is 0.254. The molecular formula is C23H34O2. The average molecular weight is 343 g/mol. The van der Waals surface area contributed by atoms with Crippen LogP contribution in [0.2, 0.25) is 0 Å². The van der Waals surface area contributed by atoms with Gasteiger partial charge < -0.3 is 9.53 Å². The zero-order valence-corrected chi connectivity index (χ0v) is 15.9. The van der Waals surface area contributed by atoms with E-state index < -0.39 is 0 Å². The molecule has 0 radical (unpaired) electrons. The van der Waals surface area contributed by atoms with Crippen molar-refractivity contribution in [2.45, 2.75) is 77.4 Å². The lowest BCUT2D eigenvalue weighted by Crippen LogP contribution is -1.97. The molecule has 25 heavy (non-hydrogen) atoms. The summed E-state index contributed by atoms with van der Waals surface area (Å²) in [5.74, 6) is 0.254. The van der Waals surface area contributed by atoms with E-state index in [2.05, 4.69) is 67.7 Å². The Labute approximate surface area is 154 Å². The topological polar surface area (TPSA) is 29.6 Å². The SMILES string of the molecule is CC/C=C\C/C=C\C/C=C\C/C=C\C/C=C\CC1OC1CCC(C)=O. The molecule has 0 amide bonds. The van der Waals surface area contributed by atoms with E-state index in [0.717, 1.165) is 44.9 Å². The van der Waals surface area contributed by atoms with Gasteiger partial charge in [-0.3, -0.25) is 0 Å². The molecule has 1 saturated heterocycles. The van der Waals surface area contributed by atoms with Crippen LogP contribution < -0.4 is 0 Å². The van der Waals surface area contributed by atoms with Gasteiger partial charge in [-0.05, 0) is 51.9 Å².